The maximum Gasteiger partial charge on any atom is 0.185 e. The van der Waals surface area contributed by atoms with Crippen molar-refractivity contribution < 1.29 is 44.6 Å². The highest BCUT2D eigenvalue weighted by Gasteiger charge is 2.24. The Labute approximate surface area is 189 Å². The van der Waals surface area contributed by atoms with Gasteiger partial charge in [-0.15, -0.1) is 0 Å². The zero-order chi connectivity index (χ0) is 25.4. The predicted molar refractivity (Wildman–Crippen MR) is 111 cm³/mol. The molecule has 0 heterocycles. The largest absolute Gasteiger partial charge is 0.378 e. The third-order valence-electron chi connectivity index (χ3n) is 4.47. The molecule has 0 saturated carbocycles. The third kappa shape index (κ3) is 5.86. The first kappa shape index (κ1) is 27.1. The summed E-state index contributed by atoms with van der Waals surface area (Å²) in [6.45, 7) is 5.54. The third-order valence-corrected chi connectivity index (χ3v) is 4.47. The van der Waals surface area contributed by atoms with E-state index in [9.17, 15) is 35.1 Å². The Balaban J connectivity index is 1.70. The first-order valence-corrected chi connectivity index (χ1v) is 9.77. The Morgan fingerprint density at radius 3 is 1.06 bits per heavy atom. The summed E-state index contributed by atoms with van der Waals surface area (Å²) in [6.07, 6.45) is 1.31. The average Bonchev–Trinajstić information content (AvgIpc) is 2.82. The van der Waals surface area contributed by atoms with Gasteiger partial charge in [0.05, 0.1) is 37.6 Å². The van der Waals surface area contributed by atoms with Crippen LogP contribution in [-0.2, 0) is 9.47 Å². The molecule has 2 N–H and O–H groups in total. The van der Waals surface area contributed by atoms with Gasteiger partial charge in [0.25, 0.3) is 0 Å². The molecule has 0 saturated heterocycles. The number of hydrogen-bond donors (Lipinski definition) is 2. The van der Waals surface area contributed by atoms with Crippen LogP contribution in [-0.4, -0.2) is 39.5 Å². The quantitative estimate of drug-likeness (QED) is 0.214. The first-order valence-electron chi connectivity index (χ1n) is 9.77. The van der Waals surface area contributed by atoms with Crippen LogP contribution < -0.4 is 10.6 Å². The number of rotatable bonds is 13. The molecule has 0 aliphatic rings. The van der Waals surface area contributed by atoms with Crippen LogP contribution in [0.3, 0.4) is 0 Å². The molecule has 0 radical (unpaired) electrons. The minimum absolute atomic E-state index is 0.00915. The number of hydrogen-bond acceptors (Lipinski definition) is 4. The summed E-state index contributed by atoms with van der Waals surface area (Å²) >= 11 is 0. The van der Waals surface area contributed by atoms with Crippen molar-refractivity contribution in [3.63, 3.8) is 0 Å². The zero-order valence-electron chi connectivity index (χ0n) is 17.7. The van der Waals surface area contributed by atoms with E-state index in [2.05, 4.69) is 23.8 Å². The first-order chi connectivity index (χ1) is 16.2. The molecule has 0 spiro atoms. The maximum absolute atomic E-state index is 13.8. The minimum atomic E-state index is -1.60. The fourth-order valence-corrected chi connectivity index (χ4v) is 2.78. The van der Waals surface area contributed by atoms with Crippen LogP contribution in [0.1, 0.15) is 11.1 Å². The van der Waals surface area contributed by atoms with E-state index in [0.717, 1.165) is 0 Å². The van der Waals surface area contributed by atoms with E-state index in [0.29, 0.717) is 12.2 Å². The van der Waals surface area contributed by atoms with Gasteiger partial charge >= 0.3 is 0 Å². The van der Waals surface area contributed by atoms with Crippen molar-refractivity contribution in [2.24, 2.45) is 0 Å². The Kier molecular flexibility index (Phi) is 9.87. The fourth-order valence-electron chi connectivity index (χ4n) is 2.78. The average molecular weight is 496 g/mol. The topological polar surface area (TPSA) is 42.5 Å². The predicted octanol–water partition coefficient (Wildman–Crippen LogP) is 5.64. The molecule has 0 aliphatic heterocycles. The van der Waals surface area contributed by atoms with Gasteiger partial charge in [0.15, 0.2) is 46.5 Å². The lowest BCUT2D eigenvalue weighted by molar-refractivity contribution is 0.0556. The molecule has 34 heavy (non-hydrogen) atoms. The van der Waals surface area contributed by atoms with Gasteiger partial charge in [0.2, 0.25) is 0 Å². The molecular weight excluding hydrogens is 476 g/mol. The van der Waals surface area contributed by atoms with Gasteiger partial charge in [-0.3, -0.25) is 0 Å². The van der Waals surface area contributed by atoms with Crippen molar-refractivity contribution >= 4 is 23.5 Å². The van der Waals surface area contributed by atoms with Crippen LogP contribution in [0.2, 0.25) is 0 Å². The van der Waals surface area contributed by atoms with E-state index >= 15 is 0 Å². The van der Waals surface area contributed by atoms with Crippen molar-refractivity contribution in [1.29, 1.82) is 0 Å². The van der Waals surface area contributed by atoms with Gasteiger partial charge in [-0.2, -0.15) is 0 Å². The van der Waals surface area contributed by atoms with E-state index in [1.807, 2.05) is 0 Å². The lowest BCUT2D eigenvalue weighted by atomic mass is 10.1. The van der Waals surface area contributed by atoms with E-state index in [4.69, 9.17) is 9.47 Å². The molecular formula is C22H20F8N2O2. The second kappa shape index (κ2) is 12.4. The van der Waals surface area contributed by atoms with Crippen molar-refractivity contribution in [2.75, 3.05) is 50.2 Å². The molecule has 2 aromatic rings. The van der Waals surface area contributed by atoms with E-state index < -0.39 is 69.0 Å². The van der Waals surface area contributed by atoms with Crippen LogP contribution in [0.15, 0.2) is 13.2 Å². The molecule has 0 aromatic heterocycles. The normalized spacial score (nSPS) is 10.9. The Morgan fingerprint density at radius 2 is 0.794 bits per heavy atom. The SMILES string of the molecule is C=Cc1c(F)c(F)c(NCCOCCOCCNc2c(F)c(F)c(C=C)c(F)c2F)c(F)c1F. The lowest BCUT2D eigenvalue weighted by Crippen LogP contribution is -2.17. The van der Waals surface area contributed by atoms with Gasteiger partial charge in [0, 0.05) is 13.1 Å². The van der Waals surface area contributed by atoms with Crippen LogP contribution in [0.5, 0.6) is 0 Å². The summed E-state index contributed by atoms with van der Waals surface area (Å²) in [4.78, 5) is 0. The minimum Gasteiger partial charge on any atom is -0.378 e. The molecule has 0 fully saturated rings. The van der Waals surface area contributed by atoms with E-state index in [1.165, 1.54) is 0 Å². The molecule has 4 nitrogen and oxygen atoms in total. The summed E-state index contributed by atoms with van der Waals surface area (Å²) in [5, 5.41) is 4.39. The maximum atomic E-state index is 13.8. The van der Waals surface area contributed by atoms with Crippen molar-refractivity contribution in [3.8, 4) is 0 Å². The number of ether oxygens (including phenoxy) is 2. The fraction of sp³-hybridized carbons (Fsp3) is 0.273. The number of benzene rings is 2. The van der Waals surface area contributed by atoms with E-state index in [1.54, 1.807) is 0 Å². The van der Waals surface area contributed by atoms with Crippen LogP contribution >= 0.6 is 0 Å². The molecule has 2 aromatic carbocycles. The van der Waals surface area contributed by atoms with Gasteiger partial charge < -0.3 is 20.1 Å². The van der Waals surface area contributed by atoms with Crippen molar-refractivity contribution in [3.05, 3.63) is 70.8 Å². The van der Waals surface area contributed by atoms with Crippen molar-refractivity contribution in [2.45, 2.75) is 0 Å². The van der Waals surface area contributed by atoms with E-state index in [-0.39, 0.29) is 39.5 Å². The Hall–Kier alpha value is -3.12. The smallest absolute Gasteiger partial charge is 0.185 e. The Morgan fingerprint density at radius 1 is 0.500 bits per heavy atom. The molecule has 0 atom stereocenters. The molecule has 12 heteroatoms. The number of anilines is 2. The van der Waals surface area contributed by atoms with Gasteiger partial charge in [0.1, 0.15) is 11.4 Å². The van der Waals surface area contributed by atoms with Gasteiger partial charge in [-0.05, 0) is 0 Å². The summed E-state index contributed by atoms with van der Waals surface area (Å²) in [5.41, 5.74) is -3.81. The summed E-state index contributed by atoms with van der Waals surface area (Å²) < 4.78 is 120. The number of halogens is 8. The second-order valence-corrected chi connectivity index (χ2v) is 6.58. The van der Waals surface area contributed by atoms with Crippen LogP contribution in [0, 0.1) is 46.5 Å². The molecule has 0 amide bonds. The molecule has 2 rings (SSSR count). The second-order valence-electron chi connectivity index (χ2n) is 6.58. The highest BCUT2D eigenvalue weighted by Crippen LogP contribution is 2.29. The molecule has 186 valence electrons. The van der Waals surface area contributed by atoms with Crippen LogP contribution in [0.25, 0.3) is 12.2 Å². The van der Waals surface area contributed by atoms with Gasteiger partial charge in [-0.1, -0.05) is 25.3 Å². The number of nitrogens with one attached hydrogen (secondary N) is 2. The summed E-state index contributed by atoms with van der Waals surface area (Å²) in [5.74, 6) is -12.7. The highest BCUT2D eigenvalue weighted by atomic mass is 19.2. The molecule has 0 unspecified atom stereocenters. The highest BCUT2D eigenvalue weighted by molar-refractivity contribution is 5.58. The van der Waals surface area contributed by atoms with Gasteiger partial charge in [-0.25, -0.2) is 35.1 Å². The Bertz CT molecular complexity index is 921. The molecule has 0 bridgehead atoms. The lowest BCUT2D eigenvalue weighted by Gasteiger charge is -2.13. The summed E-state index contributed by atoms with van der Waals surface area (Å²) in [7, 11) is 0. The monoisotopic (exact) mass is 496 g/mol. The van der Waals surface area contributed by atoms with Crippen LogP contribution in [0.4, 0.5) is 46.5 Å². The zero-order valence-corrected chi connectivity index (χ0v) is 17.7. The summed E-state index contributed by atoms with van der Waals surface area (Å²) in [6, 6.07) is 0. The standard InChI is InChI=1S/C22H20F8N2O2/c1-3-11-13(23)17(27)21(18(28)14(11)24)31-5-7-33-9-10-34-8-6-32-22-19(29)15(25)12(4-2)16(26)20(22)30/h3-4,31-32H,1-2,5-10H2. The molecule has 0 aliphatic carbocycles. The van der Waals surface area contributed by atoms with Crippen molar-refractivity contribution in [1.82, 2.24) is 0 Å².